The van der Waals surface area contributed by atoms with Crippen LogP contribution in [-0.4, -0.2) is 60.5 Å². The zero-order valence-corrected chi connectivity index (χ0v) is 13.6. The smallest absolute Gasteiger partial charge is 0.242 e. The average molecular weight is 281 g/mol. The Morgan fingerprint density at radius 1 is 1.25 bits per heavy atom. The maximum Gasteiger partial charge on any atom is 0.242 e. The molecule has 0 aromatic carbocycles. The van der Waals surface area contributed by atoms with Gasteiger partial charge in [0, 0.05) is 19.1 Å². The van der Waals surface area contributed by atoms with E-state index in [1.54, 1.807) is 0 Å². The Morgan fingerprint density at radius 3 is 2.30 bits per heavy atom. The van der Waals surface area contributed by atoms with E-state index < -0.39 is 0 Å². The number of hydrogen-bond donors (Lipinski definition) is 1. The Bertz CT molecular complexity index is 329. The molecular formula is C16H31N3O. The Balaban J connectivity index is 2.03. The molecule has 2 rings (SSSR count). The summed E-state index contributed by atoms with van der Waals surface area (Å²) in [6, 6.07) is 0.785. The number of likely N-dealkylation sites (N-methyl/N-ethyl adjacent to an activating group) is 1. The molecule has 1 N–H and O–H groups in total. The van der Waals surface area contributed by atoms with E-state index in [9.17, 15) is 4.79 Å². The van der Waals surface area contributed by atoms with Crippen molar-refractivity contribution in [3.8, 4) is 0 Å². The normalized spacial score (nSPS) is 24.2. The number of carbonyl (C=O) groups is 1. The van der Waals surface area contributed by atoms with Crippen molar-refractivity contribution < 1.29 is 4.79 Å². The second-order valence-electron chi connectivity index (χ2n) is 7.04. The van der Waals surface area contributed by atoms with Gasteiger partial charge in [-0.3, -0.25) is 4.79 Å². The summed E-state index contributed by atoms with van der Waals surface area (Å²) in [7, 11) is 4.18. The van der Waals surface area contributed by atoms with Gasteiger partial charge in [-0.2, -0.15) is 0 Å². The fraction of sp³-hybridized carbons (Fsp3) is 0.938. The maximum absolute atomic E-state index is 13.0. The SMILES string of the molecule is CC(C)NC1(C(=O)N(C)C2CCN(C)CC2)CCCC1. The zero-order valence-electron chi connectivity index (χ0n) is 13.6. The van der Waals surface area contributed by atoms with Crippen LogP contribution in [0.2, 0.25) is 0 Å². The topological polar surface area (TPSA) is 35.6 Å². The number of piperidine rings is 1. The second-order valence-corrected chi connectivity index (χ2v) is 7.04. The Morgan fingerprint density at radius 2 is 1.80 bits per heavy atom. The van der Waals surface area contributed by atoms with Crippen LogP contribution < -0.4 is 5.32 Å². The van der Waals surface area contributed by atoms with Crippen molar-refractivity contribution in [1.29, 1.82) is 0 Å². The molecule has 2 fully saturated rings. The maximum atomic E-state index is 13.0. The molecule has 0 aromatic rings. The van der Waals surface area contributed by atoms with Gasteiger partial charge in [-0.15, -0.1) is 0 Å². The molecule has 1 aliphatic heterocycles. The first-order valence-electron chi connectivity index (χ1n) is 8.18. The van der Waals surface area contributed by atoms with Gasteiger partial charge < -0.3 is 15.1 Å². The third-order valence-corrected chi connectivity index (χ3v) is 4.99. The largest absolute Gasteiger partial charge is 0.341 e. The lowest BCUT2D eigenvalue weighted by molar-refractivity contribution is -0.140. The number of hydrogen-bond acceptors (Lipinski definition) is 3. The molecule has 0 spiro atoms. The molecule has 116 valence electrons. The summed E-state index contributed by atoms with van der Waals surface area (Å²) in [5.41, 5.74) is -0.285. The van der Waals surface area contributed by atoms with Crippen molar-refractivity contribution in [1.82, 2.24) is 15.1 Å². The zero-order chi connectivity index (χ0) is 14.8. The van der Waals surface area contributed by atoms with E-state index in [-0.39, 0.29) is 5.54 Å². The van der Waals surface area contributed by atoms with Crippen LogP contribution in [0.15, 0.2) is 0 Å². The first kappa shape index (κ1) is 15.8. The second kappa shape index (κ2) is 6.44. The summed E-state index contributed by atoms with van der Waals surface area (Å²) in [5, 5.41) is 3.58. The lowest BCUT2D eigenvalue weighted by Crippen LogP contribution is -2.60. The lowest BCUT2D eigenvalue weighted by Gasteiger charge is -2.41. The number of nitrogens with zero attached hydrogens (tertiary/aromatic N) is 2. The van der Waals surface area contributed by atoms with E-state index in [0.29, 0.717) is 18.0 Å². The number of nitrogens with one attached hydrogen (secondary N) is 1. The number of carbonyl (C=O) groups excluding carboxylic acids is 1. The van der Waals surface area contributed by atoms with Crippen LogP contribution in [-0.2, 0) is 4.79 Å². The van der Waals surface area contributed by atoms with Crippen LogP contribution >= 0.6 is 0 Å². The standard InChI is InChI=1S/C16H31N3O/c1-13(2)17-16(9-5-6-10-16)15(20)19(4)14-7-11-18(3)12-8-14/h13-14,17H,5-12H2,1-4H3. The van der Waals surface area contributed by atoms with Crippen molar-refractivity contribution in [3.63, 3.8) is 0 Å². The van der Waals surface area contributed by atoms with Crippen LogP contribution in [0.4, 0.5) is 0 Å². The molecule has 1 aliphatic carbocycles. The fourth-order valence-corrected chi connectivity index (χ4v) is 3.84. The van der Waals surface area contributed by atoms with Crippen molar-refractivity contribution in [3.05, 3.63) is 0 Å². The highest BCUT2D eigenvalue weighted by molar-refractivity contribution is 5.87. The van der Waals surface area contributed by atoms with Crippen LogP contribution in [0.3, 0.4) is 0 Å². The Labute approximate surface area is 123 Å². The Kier molecular flexibility index (Phi) is 5.08. The summed E-state index contributed by atoms with van der Waals surface area (Å²) in [6.07, 6.45) is 6.56. The van der Waals surface area contributed by atoms with Crippen LogP contribution in [0.5, 0.6) is 0 Å². The molecule has 0 bridgehead atoms. The summed E-state index contributed by atoms with van der Waals surface area (Å²) in [6.45, 7) is 6.49. The van der Waals surface area contributed by atoms with Crippen molar-refractivity contribution in [2.24, 2.45) is 0 Å². The molecule has 1 heterocycles. The van der Waals surface area contributed by atoms with Gasteiger partial charge in [0.25, 0.3) is 0 Å². The highest BCUT2D eigenvalue weighted by atomic mass is 16.2. The van der Waals surface area contributed by atoms with Crippen molar-refractivity contribution in [2.45, 2.75) is 70.0 Å². The van der Waals surface area contributed by atoms with E-state index in [2.05, 4.69) is 31.1 Å². The summed E-state index contributed by atoms with van der Waals surface area (Å²) >= 11 is 0. The number of amides is 1. The molecule has 0 radical (unpaired) electrons. The average Bonchev–Trinajstić information content (AvgIpc) is 2.87. The minimum Gasteiger partial charge on any atom is -0.341 e. The molecule has 1 amide bonds. The van der Waals surface area contributed by atoms with Gasteiger partial charge in [0.1, 0.15) is 0 Å². The van der Waals surface area contributed by atoms with Gasteiger partial charge in [-0.05, 0) is 59.7 Å². The quantitative estimate of drug-likeness (QED) is 0.854. The van der Waals surface area contributed by atoms with Gasteiger partial charge >= 0.3 is 0 Å². The molecule has 0 atom stereocenters. The van der Waals surface area contributed by atoms with E-state index in [1.165, 1.54) is 12.8 Å². The summed E-state index contributed by atoms with van der Waals surface area (Å²) < 4.78 is 0. The molecule has 0 aromatic heterocycles. The highest BCUT2D eigenvalue weighted by Crippen LogP contribution is 2.33. The van der Waals surface area contributed by atoms with Crippen molar-refractivity contribution >= 4 is 5.91 Å². The van der Waals surface area contributed by atoms with E-state index in [0.717, 1.165) is 38.8 Å². The minimum atomic E-state index is -0.285. The third kappa shape index (κ3) is 3.34. The van der Waals surface area contributed by atoms with Crippen LogP contribution in [0.1, 0.15) is 52.4 Å². The Hall–Kier alpha value is -0.610. The fourth-order valence-electron chi connectivity index (χ4n) is 3.84. The van der Waals surface area contributed by atoms with Gasteiger partial charge in [0.15, 0.2) is 0 Å². The van der Waals surface area contributed by atoms with Gasteiger partial charge in [0.05, 0.1) is 5.54 Å². The molecular weight excluding hydrogens is 250 g/mol. The van der Waals surface area contributed by atoms with Gasteiger partial charge in [-0.1, -0.05) is 12.8 Å². The monoisotopic (exact) mass is 281 g/mol. The predicted octanol–water partition coefficient (Wildman–Crippen LogP) is 1.85. The highest BCUT2D eigenvalue weighted by Gasteiger charge is 2.44. The van der Waals surface area contributed by atoms with Crippen LogP contribution in [0, 0.1) is 0 Å². The first-order valence-corrected chi connectivity index (χ1v) is 8.18. The first-order chi connectivity index (χ1) is 9.44. The molecule has 1 saturated carbocycles. The van der Waals surface area contributed by atoms with Gasteiger partial charge in [0.2, 0.25) is 5.91 Å². The molecule has 4 heteroatoms. The van der Waals surface area contributed by atoms with E-state index in [4.69, 9.17) is 0 Å². The van der Waals surface area contributed by atoms with Gasteiger partial charge in [-0.25, -0.2) is 0 Å². The lowest BCUT2D eigenvalue weighted by atomic mass is 9.92. The number of rotatable bonds is 4. The van der Waals surface area contributed by atoms with E-state index >= 15 is 0 Å². The van der Waals surface area contributed by atoms with E-state index in [1.807, 2.05) is 11.9 Å². The molecule has 2 aliphatic rings. The summed E-state index contributed by atoms with van der Waals surface area (Å²) in [4.78, 5) is 17.4. The van der Waals surface area contributed by atoms with Crippen molar-refractivity contribution in [2.75, 3.05) is 27.2 Å². The predicted molar refractivity (Wildman–Crippen MR) is 82.8 cm³/mol. The molecule has 4 nitrogen and oxygen atoms in total. The van der Waals surface area contributed by atoms with Crippen LogP contribution in [0.25, 0.3) is 0 Å². The number of likely N-dealkylation sites (tertiary alicyclic amines) is 1. The molecule has 20 heavy (non-hydrogen) atoms. The molecule has 1 saturated heterocycles. The molecule has 0 unspecified atom stereocenters. The summed E-state index contributed by atoms with van der Waals surface area (Å²) in [5.74, 6) is 0.332. The minimum absolute atomic E-state index is 0.285. The third-order valence-electron chi connectivity index (χ3n) is 4.99.